The highest BCUT2D eigenvalue weighted by Gasteiger charge is 2.31. The van der Waals surface area contributed by atoms with Crippen LogP contribution in [-0.4, -0.2) is 30.7 Å². The molecule has 0 spiro atoms. The number of nitrogens with two attached hydrogens (primary N) is 4. The van der Waals surface area contributed by atoms with Gasteiger partial charge in [0.15, 0.2) is 0 Å². The van der Waals surface area contributed by atoms with Gasteiger partial charge in [-0.1, -0.05) is 13.3 Å². The van der Waals surface area contributed by atoms with Gasteiger partial charge in [-0.3, -0.25) is 13.6 Å². The van der Waals surface area contributed by atoms with Gasteiger partial charge in [-0.2, -0.15) is 0 Å². The van der Waals surface area contributed by atoms with Crippen LogP contribution >= 0.6 is 7.60 Å². The van der Waals surface area contributed by atoms with Crippen LogP contribution in [0.15, 0.2) is 0 Å². The molecular weight excluding hydrogens is 255 g/mol. The predicted octanol–water partition coefficient (Wildman–Crippen LogP) is 0.277. The molecule has 7 nitrogen and oxygen atoms in total. The van der Waals surface area contributed by atoms with Gasteiger partial charge in [0.1, 0.15) is 12.5 Å². The van der Waals surface area contributed by atoms with Crippen molar-refractivity contribution in [3.8, 4) is 0 Å². The lowest BCUT2D eigenvalue weighted by atomic mass is 10.3. The minimum atomic E-state index is -3.37. The fourth-order valence-electron chi connectivity index (χ4n) is 1.04. The largest absolute Gasteiger partial charge is 0.333 e. The highest BCUT2D eigenvalue weighted by atomic mass is 31.2. The molecule has 0 bridgehead atoms. The quantitative estimate of drug-likeness (QED) is 0.351. The van der Waals surface area contributed by atoms with Crippen LogP contribution in [0, 0.1) is 0 Å². The van der Waals surface area contributed by atoms with E-state index in [2.05, 4.69) is 0 Å². The van der Waals surface area contributed by atoms with Gasteiger partial charge in [0.2, 0.25) is 0 Å². The van der Waals surface area contributed by atoms with Crippen molar-refractivity contribution >= 4 is 7.60 Å². The van der Waals surface area contributed by atoms with Crippen LogP contribution in [0.3, 0.4) is 0 Å². The Hall–Kier alpha value is -0.0100. The minimum absolute atomic E-state index is 0.254. The Morgan fingerprint density at radius 3 is 1.67 bits per heavy atom. The third-order valence-electron chi connectivity index (χ3n) is 2.39. The second-order valence-corrected chi connectivity index (χ2v) is 6.64. The molecule has 0 saturated heterocycles. The third kappa shape index (κ3) is 6.80. The molecule has 110 valence electrons. The molecule has 0 heterocycles. The molecule has 0 saturated carbocycles. The van der Waals surface area contributed by atoms with E-state index in [4.69, 9.17) is 32.0 Å². The Kier molecular flexibility index (Phi) is 8.21. The fourth-order valence-corrected chi connectivity index (χ4v) is 3.13. The average molecular weight is 282 g/mol. The summed E-state index contributed by atoms with van der Waals surface area (Å²) in [6.45, 7) is 5.31. The lowest BCUT2D eigenvalue weighted by Gasteiger charge is -2.27. The lowest BCUT2D eigenvalue weighted by Crippen LogP contribution is -2.43. The molecule has 8 heteroatoms. The van der Waals surface area contributed by atoms with Crippen LogP contribution in [0.5, 0.6) is 0 Å². The van der Waals surface area contributed by atoms with Crippen molar-refractivity contribution in [1.82, 2.24) is 0 Å². The lowest BCUT2D eigenvalue weighted by molar-refractivity contribution is 0.0989. The molecule has 18 heavy (non-hydrogen) atoms. The maximum Gasteiger partial charge on any atom is 0.333 e. The highest BCUT2D eigenvalue weighted by molar-refractivity contribution is 7.53. The smallest absolute Gasteiger partial charge is 0.325 e. The van der Waals surface area contributed by atoms with Crippen LogP contribution < -0.4 is 22.9 Å². The first-order chi connectivity index (χ1) is 8.22. The summed E-state index contributed by atoms with van der Waals surface area (Å²) in [4.78, 5) is 0. The Bertz CT molecular complexity index is 256. The van der Waals surface area contributed by atoms with Crippen LogP contribution in [-0.2, 0) is 13.6 Å². The zero-order valence-corrected chi connectivity index (χ0v) is 12.3. The molecule has 0 aromatic heterocycles. The van der Waals surface area contributed by atoms with E-state index in [1.54, 1.807) is 13.8 Å². The summed E-state index contributed by atoms with van der Waals surface area (Å²) < 4.78 is 23.0. The van der Waals surface area contributed by atoms with Gasteiger partial charge in [0.05, 0.1) is 6.16 Å². The van der Waals surface area contributed by atoms with Gasteiger partial charge >= 0.3 is 7.60 Å². The SMILES string of the molecule is CCCCP(=O)(OC(N)C(C)N)OC(N)C(C)N. The van der Waals surface area contributed by atoms with Gasteiger partial charge in [-0.15, -0.1) is 0 Å². The van der Waals surface area contributed by atoms with Crippen molar-refractivity contribution in [1.29, 1.82) is 0 Å². The Balaban J connectivity index is 4.66. The summed E-state index contributed by atoms with van der Waals surface area (Å²) >= 11 is 0. The van der Waals surface area contributed by atoms with Crippen molar-refractivity contribution in [2.24, 2.45) is 22.9 Å². The fraction of sp³-hybridized carbons (Fsp3) is 1.00. The molecule has 0 aliphatic carbocycles. The molecule has 4 atom stereocenters. The van der Waals surface area contributed by atoms with Crippen LogP contribution in [0.2, 0.25) is 0 Å². The normalized spacial score (nSPS) is 21.9. The summed E-state index contributed by atoms with van der Waals surface area (Å²) in [6, 6.07) is -0.898. The van der Waals surface area contributed by atoms with E-state index in [9.17, 15) is 4.57 Å². The average Bonchev–Trinajstić information content (AvgIpc) is 2.25. The molecular formula is C10H27N4O3P. The number of rotatable bonds is 9. The Morgan fingerprint density at radius 2 is 1.39 bits per heavy atom. The zero-order chi connectivity index (χ0) is 14.3. The summed E-state index contributed by atoms with van der Waals surface area (Å²) in [5.41, 5.74) is 22.5. The molecule has 0 rings (SSSR count). The summed E-state index contributed by atoms with van der Waals surface area (Å²) in [5, 5.41) is 0. The van der Waals surface area contributed by atoms with E-state index < -0.39 is 32.1 Å². The first-order valence-corrected chi connectivity index (χ1v) is 7.93. The van der Waals surface area contributed by atoms with Crippen LogP contribution in [0.4, 0.5) is 0 Å². The van der Waals surface area contributed by atoms with Crippen molar-refractivity contribution in [3.05, 3.63) is 0 Å². The van der Waals surface area contributed by atoms with E-state index in [1.165, 1.54) is 0 Å². The van der Waals surface area contributed by atoms with Gasteiger partial charge < -0.3 is 22.9 Å². The maximum absolute atomic E-state index is 12.5. The Morgan fingerprint density at radius 1 is 1.00 bits per heavy atom. The van der Waals surface area contributed by atoms with Gasteiger partial charge in [-0.05, 0) is 20.3 Å². The summed E-state index contributed by atoms with van der Waals surface area (Å²) in [7, 11) is -3.37. The molecule has 0 radical (unpaired) electrons. The first kappa shape index (κ1) is 18.0. The number of hydrogen-bond acceptors (Lipinski definition) is 7. The van der Waals surface area contributed by atoms with Crippen molar-refractivity contribution in [3.63, 3.8) is 0 Å². The molecule has 8 N–H and O–H groups in total. The highest BCUT2D eigenvalue weighted by Crippen LogP contribution is 2.50. The van der Waals surface area contributed by atoms with E-state index in [1.807, 2.05) is 6.92 Å². The molecule has 4 unspecified atom stereocenters. The predicted molar refractivity (Wildman–Crippen MR) is 72.8 cm³/mol. The zero-order valence-electron chi connectivity index (χ0n) is 11.4. The van der Waals surface area contributed by atoms with Gasteiger partial charge in [0, 0.05) is 12.1 Å². The van der Waals surface area contributed by atoms with Crippen molar-refractivity contribution < 1.29 is 13.6 Å². The molecule has 0 aromatic rings. The second kappa shape index (κ2) is 8.22. The molecule has 0 aromatic carbocycles. The summed E-state index contributed by atoms with van der Waals surface area (Å²) in [6.07, 6.45) is 0.0946. The summed E-state index contributed by atoms with van der Waals surface area (Å²) in [5.74, 6) is 0. The number of unbranched alkanes of at least 4 members (excludes halogenated alkanes) is 1. The maximum atomic E-state index is 12.5. The van der Waals surface area contributed by atoms with Crippen molar-refractivity contribution in [2.45, 2.75) is 58.2 Å². The van der Waals surface area contributed by atoms with Crippen LogP contribution in [0.25, 0.3) is 0 Å². The monoisotopic (exact) mass is 282 g/mol. The second-order valence-electron chi connectivity index (χ2n) is 4.55. The minimum Gasteiger partial charge on any atom is -0.325 e. The number of hydrogen-bond donors (Lipinski definition) is 4. The van der Waals surface area contributed by atoms with Crippen LogP contribution in [0.1, 0.15) is 33.6 Å². The topological polar surface area (TPSA) is 140 Å². The first-order valence-electron chi connectivity index (χ1n) is 6.20. The van der Waals surface area contributed by atoms with E-state index >= 15 is 0 Å². The molecule has 0 amide bonds. The molecule has 0 aliphatic heterocycles. The van der Waals surface area contributed by atoms with Gasteiger partial charge in [0.25, 0.3) is 0 Å². The molecule has 0 fully saturated rings. The van der Waals surface area contributed by atoms with Crippen molar-refractivity contribution in [2.75, 3.05) is 6.16 Å². The van der Waals surface area contributed by atoms with E-state index in [0.717, 1.165) is 6.42 Å². The Labute approximate surface area is 109 Å². The van der Waals surface area contributed by atoms with Gasteiger partial charge in [-0.25, -0.2) is 0 Å². The van der Waals surface area contributed by atoms with E-state index in [-0.39, 0.29) is 6.16 Å². The standard InChI is InChI=1S/C10H27N4O3P/c1-4-5-6-18(15,16-9(13)7(2)11)17-10(14)8(3)12/h7-10H,4-6,11-14H2,1-3H3. The molecule has 0 aliphatic rings. The third-order valence-corrected chi connectivity index (χ3v) is 4.38. The van der Waals surface area contributed by atoms with E-state index in [0.29, 0.717) is 6.42 Å².